The molecule has 2 N–H and O–H groups in total. The lowest BCUT2D eigenvalue weighted by molar-refractivity contribution is -0.118. The lowest BCUT2D eigenvalue weighted by atomic mass is 10.2. The molecule has 0 unspecified atom stereocenters. The molecule has 0 heterocycles. The molecule has 0 atom stereocenters. The average molecular weight is 582 g/mol. The zero-order valence-corrected chi connectivity index (χ0v) is 20.2. The molecular weight excluding hydrogens is 564 g/mol. The van der Waals surface area contributed by atoms with Crippen LogP contribution in [0.25, 0.3) is 0 Å². The number of carbonyl (C=O) groups is 2. The Balaban J connectivity index is 1.54. The van der Waals surface area contributed by atoms with Crippen LogP contribution in [-0.2, 0) is 4.79 Å². The Kier molecular flexibility index (Phi) is 8.61. The number of hydrazone groups is 1. The predicted molar refractivity (Wildman–Crippen MR) is 133 cm³/mol. The van der Waals surface area contributed by atoms with Gasteiger partial charge >= 0.3 is 0 Å². The van der Waals surface area contributed by atoms with E-state index in [0.717, 1.165) is 3.57 Å². The monoisotopic (exact) mass is 581 g/mol. The van der Waals surface area contributed by atoms with Crippen molar-refractivity contribution >= 4 is 57.9 Å². The van der Waals surface area contributed by atoms with Crippen molar-refractivity contribution in [3.05, 3.63) is 86.2 Å². The first-order valence-electron chi connectivity index (χ1n) is 9.51. The van der Waals surface area contributed by atoms with E-state index in [0.29, 0.717) is 16.9 Å². The predicted octanol–water partition coefficient (Wildman–Crippen LogP) is 4.87. The minimum Gasteiger partial charge on any atom is -0.496 e. The third-order valence-electron chi connectivity index (χ3n) is 4.26. The van der Waals surface area contributed by atoms with Crippen LogP contribution in [0.2, 0.25) is 5.02 Å². The van der Waals surface area contributed by atoms with Gasteiger partial charge in [-0.1, -0.05) is 23.7 Å². The Morgan fingerprint density at radius 3 is 2.64 bits per heavy atom. The lowest BCUT2D eigenvalue weighted by Crippen LogP contribution is -2.20. The van der Waals surface area contributed by atoms with Crippen molar-refractivity contribution in [2.45, 2.75) is 0 Å². The summed E-state index contributed by atoms with van der Waals surface area (Å²) < 4.78 is 25.1. The number of anilines is 1. The molecule has 10 heteroatoms. The van der Waals surface area contributed by atoms with Gasteiger partial charge in [0.1, 0.15) is 17.3 Å². The van der Waals surface area contributed by atoms with E-state index in [9.17, 15) is 14.0 Å². The molecule has 0 fully saturated rings. The molecule has 0 radical (unpaired) electrons. The van der Waals surface area contributed by atoms with E-state index in [1.165, 1.54) is 31.5 Å². The third-order valence-corrected chi connectivity index (χ3v) is 5.44. The van der Waals surface area contributed by atoms with Gasteiger partial charge in [-0.05, 0) is 76.7 Å². The highest BCUT2D eigenvalue weighted by atomic mass is 127. The fraction of sp³-hybridized carbons (Fsp3) is 0.0870. The molecule has 170 valence electrons. The highest BCUT2D eigenvalue weighted by Crippen LogP contribution is 2.25. The standard InChI is InChI=1S/C23H18ClFIN3O4/c1-32-21-11-15(7-8-18(21)26)23(31)29-27-12-14-6-9-20(16(24)10-14)33-13-22(30)28-19-5-3-2-4-17(19)25/h2-12H,13H2,1H3,(H,28,30)(H,29,31)/b27-12+. The van der Waals surface area contributed by atoms with Crippen LogP contribution in [0.15, 0.2) is 65.8 Å². The van der Waals surface area contributed by atoms with Crippen LogP contribution in [0.4, 0.5) is 10.1 Å². The van der Waals surface area contributed by atoms with Gasteiger partial charge in [-0.2, -0.15) is 5.10 Å². The summed E-state index contributed by atoms with van der Waals surface area (Å²) in [5, 5.41) is 6.59. The summed E-state index contributed by atoms with van der Waals surface area (Å²) >= 11 is 8.32. The average Bonchev–Trinajstić information content (AvgIpc) is 2.80. The second-order valence-electron chi connectivity index (χ2n) is 6.56. The Morgan fingerprint density at radius 1 is 1.12 bits per heavy atom. The summed E-state index contributed by atoms with van der Waals surface area (Å²) in [7, 11) is 1.53. The van der Waals surface area contributed by atoms with Crippen molar-refractivity contribution < 1.29 is 23.5 Å². The van der Waals surface area contributed by atoms with Gasteiger partial charge in [0.2, 0.25) is 0 Å². The molecule has 0 aliphatic rings. The number of hydrogen-bond donors (Lipinski definition) is 2. The molecule has 3 aromatic rings. The van der Waals surface area contributed by atoms with Gasteiger partial charge in [0.05, 0.1) is 27.6 Å². The minimum atomic E-state index is -0.541. The number of rotatable bonds is 8. The Bertz CT molecular complexity index is 1210. The third kappa shape index (κ3) is 6.90. The van der Waals surface area contributed by atoms with Gasteiger partial charge in [0.25, 0.3) is 11.8 Å². The first kappa shape index (κ1) is 24.5. The lowest BCUT2D eigenvalue weighted by Gasteiger charge is -2.09. The van der Waals surface area contributed by atoms with Crippen molar-refractivity contribution in [1.82, 2.24) is 5.43 Å². The molecule has 33 heavy (non-hydrogen) atoms. The summed E-state index contributed by atoms with van der Waals surface area (Å²) in [6, 6.07) is 15.7. The SMILES string of the molecule is COc1cc(C(=O)N/N=C/c2ccc(OCC(=O)Nc3ccccc3F)c(Cl)c2)ccc1I. The van der Waals surface area contributed by atoms with Crippen molar-refractivity contribution in [1.29, 1.82) is 0 Å². The largest absolute Gasteiger partial charge is 0.496 e. The van der Waals surface area contributed by atoms with Gasteiger partial charge in [-0.3, -0.25) is 9.59 Å². The van der Waals surface area contributed by atoms with Gasteiger partial charge in [0.15, 0.2) is 6.61 Å². The molecule has 0 aliphatic carbocycles. The second-order valence-corrected chi connectivity index (χ2v) is 8.12. The fourth-order valence-electron chi connectivity index (χ4n) is 2.64. The molecule has 2 amide bonds. The number of halogens is 3. The van der Waals surface area contributed by atoms with E-state index in [-0.39, 0.29) is 23.1 Å². The number of nitrogens with zero attached hydrogens (tertiary/aromatic N) is 1. The fourth-order valence-corrected chi connectivity index (χ4v) is 3.44. The van der Waals surface area contributed by atoms with E-state index in [1.54, 1.807) is 42.5 Å². The van der Waals surface area contributed by atoms with Crippen LogP contribution in [0.1, 0.15) is 15.9 Å². The molecule has 0 saturated heterocycles. The van der Waals surface area contributed by atoms with Gasteiger partial charge in [-0.25, -0.2) is 9.82 Å². The first-order chi connectivity index (χ1) is 15.9. The highest BCUT2D eigenvalue weighted by molar-refractivity contribution is 14.1. The van der Waals surface area contributed by atoms with Gasteiger partial charge < -0.3 is 14.8 Å². The summed E-state index contributed by atoms with van der Waals surface area (Å²) in [5.74, 6) is -0.602. The normalized spacial score (nSPS) is 10.7. The quantitative estimate of drug-likeness (QED) is 0.226. The zero-order chi connectivity index (χ0) is 23.8. The second kappa shape index (κ2) is 11.6. The number of benzene rings is 3. The smallest absolute Gasteiger partial charge is 0.271 e. The molecular formula is C23H18ClFIN3O4. The molecule has 0 aromatic heterocycles. The summed E-state index contributed by atoms with van der Waals surface area (Å²) in [4.78, 5) is 24.2. The van der Waals surface area contributed by atoms with Gasteiger partial charge in [0, 0.05) is 5.56 Å². The maximum atomic E-state index is 13.6. The van der Waals surface area contributed by atoms with Crippen LogP contribution in [0, 0.1) is 9.39 Å². The summed E-state index contributed by atoms with van der Waals surface area (Å²) in [6.07, 6.45) is 1.42. The van der Waals surface area contributed by atoms with Crippen molar-refractivity contribution in [3.63, 3.8) is 0 Å². The number of nitrogens with one attached hydrogen (secondary N) is 2. The van der Waals surface area contributed by atoms with E-state index in [4.69, 9.17) is 21.1 Å². The molecule has 0 aliphatic heterocycles. The number of methoxy groups -OCH3 is 1. The van der Waals surface area contributed by atoms with Crippen molar-refractivity contribution in [2.24, 2.45) is 5.10 Å². The molecule has 0 saturated carbocycles. The topological polar surface area (TPSA) is 89.0 Å². The number of ether oxygens (including phenoxy) is 2. The van der Waals surface area contributed by atoms with Gasteiger partial charge in [-0.15, -0.1) is 0 Å². The summed E-state index contributed by atoms with van der Waals surface area (Å²) in [6.45, 7) is -0.350. The van der Waals surface area contributed by atoms with E-state index in [2.05, 4.69) is 38.4 Å². The van der Waals surface area contributed by atoms with E-state index in [1.807, 2.05) is 0 Å². The van der Waals surface area contributed by atoms with Crippen LogP contribution in [-0.4, -0.2) is 31.7 Å². The number of amides is 2. The minimum absolute atomic E-state index is 0.0643. The Labute approximate surface area is 208 Å². The molecule has 0 bridgehead atoms. The van der Waals surface area contributed by atoms with Crippen molar-refractivity contribution in [3.8, 4) is 11.5 Å². The van der Waals surface area contributed by atoms with E-state index < -0.39 is 17.6 Å². The van der Waals surface area contributed by atoms with Crippen LogP contribution in [0.5, 0.6) is 11.5 Å². The van der Waals surface area contributed by atoms with Crippen LogP contribution >= 0.6 is 34.2 Å². The number of hydrogen-bond acceptors (Lipinski definition) is 5. The Morgan fingerprint density at radius 2 is 1.91 bits per heavy atom. The van der Waals surface area contributed by atoms with Crippen molar-refractivity contribution in [2.75, 3.05) is 19.0 Å². The van der Waals surface area contributed by atoms with Crippen LogP contribution in [0.3, 0.4) is 0 Å². The molecule has 3 rings (SSSR count). The van der Waals surface area contributed by atoms with E-state index >= 15 is 0 Å². The highest BCUT2D eigenvalue weighted by Gasteiger charge is 2.10. The maximum absolute atomic E-state index is 13.6. The Hall–Kier alpha value is -3.18. The number of para-hydroxylation sites is 1. The molecule has 3 aromatic carbocycles. The van der Waals surface area contributed by atoms with Crippen LogP contribution < -0.4 is 20.2 Å². The maximum Gasteiger partial charge on any atom is 0.271 e. The zero-order valence-electron chi connectivity index (χ0n) is 17.3. The summed E-state index contributed by atoms with van der Waals surface area (Å²) in [5.41, 5.74) is 3.50. The first-order valence-corrected chi connectivity index (χ1v) is 11.0. The molecule has 0 spiro atoms. The number of carbonyl (C=O) groups excluding carboxylic acids is 2. The molecule has 7 nitrogen and oxygen atoms in total.